The Hall–Kier alpha value is -1.88. The number of aliphatic carboxylic acids is 1. The predicted molar refractivity (Wildman–Crippen MR) is 66.2 cm³/mol. The lowest BCUT2D eigenvalue weighted by Crippen LogP contribution is -2.42. The van der Waals surface area contributed by atoms with Crippen molar-refractivity contribution in [1.29, 1.82) is 0 Å². The summed E-state index contributed by atoms with van der Waals surface area (Å²) in [4.78, 5) is 22.4. The number of hydrogen-bond acceptors (Lipinski definition) is 3. The Morgan fingerprint density at radius 2 is 1.89 bits per heavy atom. The molecule has 1 amide bonds. The van der Waals surface area contributed by atoms with Crippen LogP contribution in [-0.2, 0) is 16.0 Å². The van der Waals surface area contributed by atoms with Crippen molar-refractivity contribution in [3.05, 3.63) is 35.4 Å². The number of aliphatic hydroxyl groups is 1. The van der Waals surface area contributed by atoms with E-state index in [-0.39, 0.29) is 25.4 Å². The molecule has 0 saturated carbocycles. The molecule has 0 bridgehead atoms. The van der Waals surface area contributed by atoms with E-state index >= 15 is 0 Å². The van der Waals surface area contributed by atoms with Gasteiger partial charge in [0.2, 0.25) is 5.91 Å². The fourth-order valence-corrected chi connectivity index (χ4v) is 1.52. The highest BCUT2D eigenvalue weighted by Crippen LogP contribution is 2.04. The highest BCUT2D eigenvalue weighted by Gasteiger charge is 2.18. The molecular formula is C13H17NO4. The molecule has 1 aromatic rings. The highest BCUT2D eigenvalue weighted by molar-refractivity contribution is 5.84. The molecule has 0 fully saturated rings. The van der Waals surface area contributed by atoms with Gasteiger partial charge in [-0.2, -0.15) is 0 Å². The van der Waals surface area contributed by atoms with Gasteiger partial charge in [-0.15, -0.1) is 0 Å². The molecule has 3 N–H and O–H groups in total. The lowest BCUT2D eigenvalue weighted by molar-refractivity contribution is -0.142. The molecule has 0 saturated heterocycles. The number of carboxylic acids is 1. The van der Waals surface area contributed by atoms with Gasteiger partial charge >= 0.3 is 5.97 Å². The summed E-state index contributed by atoms with van der Waals surface area (Å²) in [5, 5.41) is 19.9. The van der Waals surface area contributed by atoms with Gasteiger partial charge in [0.15, 0.2) is 0 Å². The van der Waals surface area contributed by atoms with Crippen LogP contribution in [0.25, 0.3) is 0 Å². The fraction of sp³-hybridized carbons (Fsp3) is 0.385. The van der Waals surface area contributed by atoms with Gasteiger partial charge in [0.1, 0.15) is 6.04 Å². The Bertz CT molecular complexity index is 414. The summed E-state index contributed by atoms with van der Waals surface area (Å²) in [5.41, 5.74) is 1.93. The minimum Gasteiger partial charge on any atom is -0.480 e. The number of carbonyl (C=O) groups is 2. The molecule has 0 spiro atoms. The van der Waals surface area contributed by atoms with Crippen LogP contribution in [0.4, 0.5) is 0 Å². The van der Waals surface area contributed by atoms with Gasteiger partial charge in [0, 0.05) is 13.0 Å². The van der Waals surface area contributed by atoms with Crippen LogP contribution in [0.2, 0.25) is 0 Å². The molecule has 1 aromatic carbocycles. The molecule has 0 unspecified atom stereocenters. The predicted octanol–water partition coefficient (Wildman–Crippen LogP) is 0.489. The van der Waals surface area contributed by atoms with Crippen LogP contribution < -0.4 is 5.32 Å². The molecule has 1 rings (SSSR count). The SMILES string of the molecule is Cc1ccc(CC(=O)N[C@H](CCO)C(=O)O)cc1. The van der Waals surface area contributed by atoms with Gasteiger partial charge in [-0.25, -0.2) is 4.79 Å². The summed E-state index contributed by atoms with van der Waals surface area (Å²) in [5.74, 6) is -1.50. The average molecular weight is 251 g/mol. The molecule has 0 heterocycles. The third kappa shape index (κ3) is 4.55. The maximum absolute atomic E-state index is 11.6. The van der Waals surface area contributed by atoms with Gasteiger partial charge < -0.3 is 15.5 Å². The van der Waals surface area contributed by atoms with Crippen molar-refractivity contribution >= 4 is 11.9 Å². The van der Waals surface area contributed by atoms with Crippen LogP contribution in [0.1, 0.15) is 17.5 Å². The summed E-state index contributed by atoms with van der Waals surface area (Å²) in [6.07, 6.45) is 0.143. The van der Waals surface area contributed by atoms with E-state index in [1.807, 2.05) is 31.2 Å². The van der Waals surface area contributed by atoms with Crippen molar-refractivity contribution in [2.45, 2.75) is 25.8 Å². The van der Waals surface area contributed by atoms with E-state index in [4.69, 9.17) is 10.2 Å². The van der Waals surface area contributed by atoms with E-state index in [9.17, 15) is 9.59 Å². The standard InChI is InChI=1S/C13H17NO4/c1-9-2-4-10(5-3-9)8-12(16)14-11(6-7-15)13(17)18/h2-5,11,15H,6-8H2,1H3,(H,14,16)(H,17,18)/t11-/m1/s1. The molecule has 1 atom stereocenters. The van der Waals surface area contributed by atoms with Crippen molar-refractivity contribution < 1.29 is 19.8 Å². The van der Waals surface area contributed by atoms with Gasteiger partial charge in [-0.1, -0.05) is 29.8 Å². The van der Waals surface area contributed by atoms with E-state index < -0.39 is 12.0 Å². The normalized spacial score (nSPS) is 11.9. The number of carboxylic acid groups (broad SMARTS) is 1. The fourth-order valence-electron chi connectivity index (χ4n) is 1.52. The number of carbonyl (C=O) groups excluding carboxylic acids is 1. The molecule has 0 aromatic heterocycles. The molecule has 0 aliphatic rings. The summed E-state index contributed by atoms with van der Waals surface area (Å²) in [7, 11) is 0. The molecular weight excluding hydrogens is 234 g/mol. The molecule has 0 radical (unpaired) electrons. The van der Waals surface area contributed by atoms with Crippen LogP contribution in [0.3, 0.4) is 0 Å². The van der Waals surface area contributed by atoms with Gasteiger partial charge in [0.05, 0.1) is 6.42 Å². The first-order valence-electron chi connectivity index (χ1n) is 5.71. The van der Waals surface area contributed by atoms with Gasteiger partial charge in [0.25, 0.3) is 0 Å². The lowest BCUT2D eigenvalue weighted by atomic mass is 10.1. The number of rotatable bonds is 6. The Morgan fingerprint density at radius 3 is 2.39 bits per heavy atom. The number of aliphatic hydroxyl groups excluding tert-OH is 1. The summed E-state index contributed by atoms with van der Waals surface area (Å²) in [6, 6.07) is 6.41. The minimum absolute atomic E-state index is 0.00890. The van der Waals surface area contributed by atoms with Crippen molar-refractivity contribution in [1.82, 2.24) is 5.32 Å². The first kappa shape index (κ1) is 14.2. The number of nitrogens with one attached hydrogen (secondary N) is 1. The molecule has 0 aliphatic heterocycles. The Balaban J connectivity index is 2.54. The Morgan fingerprint density at radius 1 is 1.28 bits per heavy atom. The van der Waals surface area contributed by atoms with Crippen molar-refractivity contribution in [3.8, 4) is 0 Å². The van der Waals surface area contributed by atoms with Crippen molar-refractivity contribution in [2.75, 3.05) is 6.61 Å². The second kappa shape index (κ2) is 6.76. The first-order chi connectivity index (χ1) is 8.52. The number of amides is 1. The topological polar surface area (TPSA) is 86.6 Å². The van der Waals surface area contributed by atoms with Crippen molar-refractivity contribution in [2.24, 2.45) is 0 Å². The number of benzene rings is 1. The second-order valence-electron chi connectivity index (χ2n) is 4.13. The second-order valence-corrected chi connectivity index (χ2v) is 4.13. The Labute approximate surface area is 105 Å². The van der Waals surface area contributed by atoms with Gasteiger partial charge in [-0.3, -0.25) is 4.79 Å². The van der Waals surface area contributed by atoms with E-state index in [2.05, 4.69) is 5.32 Å². The molecule has 5 heteroatoms. The molecule has 18 heavy (non-hydrogen) atoms. The van der Waals surface area contributed by atoms with Crippen LogP contribution in [0, 0.1) is 6.92 Å². The zero-order chi connectivity index (χ0) is 13.5. The third-order valence-corrected chi connectivity index (χ3v) is 2.54. The van der Waals surface area contributed by atoms with Crippen LogP contribution >= 0.6 is 0 Å². The summed E-state index contributed by atoms with van der Waals surface area (Å²) < 4.78 is 0. The first-order valence-corrected chi connectivity index (χ1v) is 5.71. The number of aryl methyl sites for hydroxylation is 1. The number of hydrogen-bond donors (Lipinski definition) is 3. The highest BCUT2D eigenvalue weighted by atomic mass is 16.4. The summed E-state index contributed by atoms with van der Waals surface area (Å²) >= 11 is 0. The van der Waals surface area contributed by atoms with E-state index in [0.29, 0.717) is 0 Å². The van der Waals surface area contributed by atoms with Crippen LogP contribution in [0.15, 0.2) is 24.3 Å². The zero-order valence-electron chi connectivity index (χ0n) is 10.2. The van der Waals surface area contributed by atoms with E-state index in [0.717, 1.165) is 11.1 Å². The van der Waals surface area contributed by atoms with E-state index in [1.54, 1.807) is 0 Å². The Kier molecular flexibility index (Phi) is 5.32. The zero-order valence-corrected chi connectivity index (χ0v) is 10.2. The van der Waals surface area contributed by atoms with Gasteiger partial charge in [-0.05, 0) is 12.5 Å². The quantitative estimate of drug-likeness (QED) is 0.686. The monoisotopic (exact) mass is 251 g/mol. The lowest BCUT2D eigenvalue weighted by Gasteiger charge is -2.13. The summed E-state index contributed by atoms with van der Waals surface area (Å²) in [6.45, 7) is 1.67. The van der Waals surface area contributed by atoms with Crippen LogP contribution in [-0.4, -0.2) is 34.7 Å². The van der Waals surface area contributed by atoms with E-state index in [1.165, 1.54) is 0 Å². The smallest absolute Gasteiger partial charge is 0.326 e. The minimum atomic E-state index is -1.14. The maximum Gasteiger partial charge on any atom is 0.326 e. The maximum atomic E-state index is 11.6. The molecule has 5 nitrogen and oxygen atoms in total. The molecule has 98 valence electrons. The molecule has 0 aliphatic carbocycles. The van der Waals surface area contributed by atoms with Crippen LogP contribution in [0.5, 0.6) is 0 Å². The average Bonchev–Trinajstić information content (AvgIpc) is 2.31. The van der Waals surface area contributed by atoms with Crippen molar-refractivity contribution in [3.63, 3.8) is 0 Å². The third-order valence-electron chi connectivity index (χ3n) is 2.54. The largest absolute Gasteiger partial charge is 0.480 e.